The molecule has 70 heavy (non-hydrogen) atoms. The minimum atomic E-state index is -1.83. The summed E-state index contributed by atoms with van der Waals surface area (Å²) >= 11 is 0. The standard InChI is InChI=1S/C62H56O8/c63-59(45-25-9-1-10-26-45,46-27-11-2-12-28-46)53-54(60(64,47-29-13-3-14-30-47)48-31-15-4-16-32-48)68-57(67-53)41-43-58(44-42-57)69-55(61(65,49-33-17-5-18-34-49)50-35-19-6-20-36-50)56(70-58)62(66,51-37-21-7-22-38-51)52-39-23-8-24-40-52/h1-40,53-56,63-66H,41-44H2/t53-,54-,55-,56-/m1/s1. The summed E-state index contributed by atoms with van der Waals surface area (Å²) in [6.07, 6.45) is -3.91. The summed E-state index contributed by atoms with van der Waals surface area (Å²) in [6.45, 7) is 0. The maximum atomic E-state index is 13.7. The van der Waals surface area contributed by atoms with Crippen LogP contribution < -0.4 is 0 Å². The zero-order valence-corrected chi connectivity index (χ0v) is 38.7. The zero-order chi connectivity index (χ0) is 47.9. The Hall–Kier alpha value is -6.56. The van der Waals surface area contributed by atoms with Crippen molar-refractivity contribution in [1.29, 1.82) is 0 Å². The molecule has 0 bridgehead atoms. The highest BCUT2D eigenvalue weighted by Gasteiger charge is 2.68. The number of aliphatic hydroxyl groups is 4. The molecule has 8 aromatic rings. The van der Waals surface area contributed by atoms with Crippen LogP contribution in [0, 0.1) is 0 Å². The van der Waals surface area contributed by atoms with Crippen LogP contribution in [-0.4, -0.2) is 56.4 Å². The van der Waals surface area contributed by atoms with E-state index in [1.165, 1.54) is 0 Å². The fourth-order valence-electron chi connectivity index (χ4n) is 11.4. The number of benzene rings is 8. The predicted octanol–water partition coefficient (Wildman–Crippen LogP) is 10.3. The molecule has 8 heteroatoms. The number of rotatable bonds is 12. The second-order valence-corrected chi connectivity index (χ2v) is 19.0. The lowest BCUT2D eigenvalue weighted by Gasteiger charge is -2.42. The van der Waals surface area contributed by atoms with E-state index in [1.54, 1.807) is 0 Å². The van der Waals surface area contributed by atoms with Gasteiger partial charge in [-0.15, -0.1) is 0 Å². The van der Waals surface area contributed by atoms with E-state index in [0.717, 1.165) is 0 Å². The van der Waals surface area contributed by atoms with Crippen LogP contribution in [0.3, 0.4) is 0 Å². The third kappa shape index (κ3) is 7.64. The maximum absolute atomic E-state index is 13.7. The van der Waals surface area contributed by atoms with Gasteiger partial charge in [-0.25, -0.2) is 0 Å². The van der Waals surface area contributed by atoms with Gasteiger partial charge >= 0.3 is 0 Å². The van der Waals surface area contributed by atoms with Gasteiger partial charge in [-0.2, -0.15) is 0 Å². The summed E-state index contributed by atoms with van der Waals surface area (Å²) in [5.74, 6) is -2.75. The summed E-state index contributed by atoms with van der Waals surface area (Å²) in [5.41, 5.74) is -2.74. The summed E-state index contributed by atoms with van der Waals surface area (Å²) in [5, 5.41) is 54.6. The SMILES string of the molecule is OC(c1ccccc1)(c1ccccc1)[C@@H]1OC2(CCC3(CC2)O[C@@H](C(O)(c2ccccc2)c2ccccc2)[C@H](C(O)(c2ccccc2)c2ccccc2)O3)O[C@H]1C(O)(c1ccccc1)c1ccccc1. The molecule has 8 aromatic carbocycles. The second-order valence-electron chi connectivity index (χ2n) is 19.0. The van der Waals surface area contributed by atoms with Crippen LogP contribution in [0.25, 0.3) is 0 Å². The molecule has 2 aliphatic heterocycles. The fraction of sp³-hybridized carbons (Fsp3) is 0.226. The highest BCUT2D eigenvalue weighted by molar-refractivity contribution is 5.46. The van der Waals surface area contributed by atoms with Crippen molar-refractivity contribution in [3.8, 4) is 0 Å². The molecule has 8 nitrogen and oxygen atoms in total. The Bertz CT molecular complexity index is 2390. The van der Waals surface area contributed by atoms with Crippen molar-refractivity contribution < 1.29 is 39.4 Å². The van der Waals surface area contributed by atoms with Gasteiger partial charge in [0.05, 0.1) is 0 Å². The van der Waals surface area contributed by atoms with Gasteiger partial charge < -0.3 is 39.4 Å². The van der Waals surface area contributed by atoms with E-state index in [9.17, 15) is 20.4 Å². The Morgan fingerprint density at radius 3 is 0.500 bits per heavy atom. The second kappa shape index (κ2) is 18.3. The smallest absolute Gasteiger partial charge is 0.170 e. The normalized spacial score (nSPS) is 21.2. The van der Waals surface area contributed by atoms with Gasteiger partial charge in [0.1, 0.15) is 46.8 Å². The number of ether oxygens (including phenoxy) is 4. The molecule has 2 spiro atoms. The Balaban J connectivity index is 1.05. The predicted molar refractivity (Wildman–Crippen MR) is 267 cm³/mol. The Kier molecular flexibility index (Phi) is 12.0. The average Bonchev–Trinajstić information content (AvgIpc) is 4.03. The quantitative estimate of drug-likeness (QED) is 0.0957. The highest BCUT2D eigenvalue weighted by Crippen LogP contribution is 2.59. The van der Waals surface area contributed by atoms with Crippen molar-refractivity contribution in [2.45, 2.75) is 84.1 Å². The average molecular weight is 929 g/mol. The monoisotopic (exact) mass is 928 g/mol. The first-order valence-electron chi connectivity index (χ1n) is 24.2. The lowest BCUT2D eigenvalue weighted by Crippen LogP contribution is -2.54. The topological polar surface area (TPSA) is 118 Å². The molecule has 3 aliphatic rings. The van der Waals surface area contributed by atoms with Gasteiger partial charge in [0.25, 0.3) is 0 Å². The molecule has 2 saturated heterocycles. The molecular formula is C62H56O8. The summed E-state index contributed by atoms with van der Waals surface area (Å²) in [4.78, 5) is 0. The molecule has 0 amide bonds. The van der Waals surface area contributed by atoms with Gasteiger partial charge in [0.2, 0.25) is 0 Å². The van der Waals surface area contributed by atoms with E-state index < -0.39 is 58.4 Å². The lowest BCUT2D eigenvalue weighted by molar-refractivity contribution is -0.278. The molecule has 3 fully saturated rings. The van der Waals surface area contributed by atoms with Crippen LogP contribution in [0.2, 0.25) is 0 Å². The number of hydrogen-bond acceptors (Lipinski definition) is 8. The molecular weight excluding hydrogens is 873 g/mol. The largest absolute Gasteiger partial charge is 0.378 e. The zero-order valence-electron chi connectivity index (χ0n) is 38.7. The maximum Gasteiger partial charge on any atom is 0.170 e. The number of hydrogen-bond donors (Lipinski definition) is 4. The van der Waals surface area contributed by atoms with Crippen LogP contribution >= 0.6 is 0 Å². The first-order chi connectivity index (χ1) is 34.1. The first kappa shape index (κ1) is 45.9. The van der Waals surface area contributed by atoms with Crippen molar-refractivity contribution in [3.05, 3.63) is 287 Å². The Morgan fingerprint density at radius 1 is 0.243 bits per heavy atom. The minimum Gasteiger partial charge on any atom is -0.378 e. The van der Waals surface area contributed by atoms with E-state index in [4.69, 9.17) is 18.9 Å². The lowest BCUT2D eigenvalue weighted by atomic mass is 9.72. The van der Waals surface area contributed by atoms with Crippen LogP contribution in [0.5, 0.6) is 0 Å². The van der Waals surface area contributed by atoms with Crippen LogP contribution in [-0.2, 0) is 41.4 Å². The van der Waals surface area contributed by atoms with Crippen molar-refractivity contribution in [2.24, 2.45) is 0 Å². The van der Waals surface area contributed by atoms with E-state index in [1.807, 2.05) is 243 Å². The minimum absolute atomic E-state index is 0.197. The summed E-state index contributed by atoms with van der Waals surface area (Å²) < 4.78 is 29.6. The van der Waals surface area contributed by atoms with Crippen LogP contribution in [0.15, 0.2) is 243 Å². The summed E-state index contributed by atoms with van der Waals surface area (Å²) in [6, 6.07) is 75.4. The van der Waals surface area contributed by atoms with Crippen molar-refractivity contribution >= 4 is 0 Å². The fourth-order valence-corrected chi connectivity index (χ4v) is 11.4. The molecule has 0 radical (unpaired) electrons. The van der Waals surface area contributed by atoms with Crippen LogP contribution in [0.4, 0.5) is 0 Å². The third-order valence-corrected chi connectivity index (χ3v) is 15.0. The Labute approximate surface area is 409 Å². The third-order valence-electron chi connectivity index (χ3n) is 15.0. The van der Waals surface area contributed by atoms with Crippen molar-refractivity contribution in [2.75, 3.05) is 0 Å². The molecule has 2 heterocycles. The highest BCUT2D eigenvalue weighted by atomic mass is 16.8. The molecule has 4 N–H and O–H groups in total. The molecule has 352 valence electrons. The van der Waals surface area contributed by atoms with Crippen LogP contribution in [0.1, 0.15) is 70.2 Å². The molecule has 4 atom stereocenters. The molecule has 1 aliphatic carbocycles. The molecule has 1 saturated carbocycles. The first-order valence-corrected chi connectivity index (χ1v) is 24.2. The van der Waals surface area contributed by atoms with Crippen molar-refractivity contribution in [1.82, 2.24) is 0 Å². The molecule has 11 rings (SSSR count). The van der Waals surface area contributed by atoms with Gasteiger partial charge in [-0.05, 0) is 44.5 Å². The van der Waals surface area contributed by atoms with E-state index >= 15 is 0 Å². The van der Waals surface area contributed by atoms with Gasteiger partial charge in [0.15, 0.2) is 11.6 Å². The van der Waals surface area contributed by atoms with Gasteiger partial charge in [-0.1, -0.05) is 243 Å². The van der Waals surface area contributed by atoms with Gasteiger partial charge in [0, 0.05) is 25.7 Å². The van der Waals surface area contributed by atoms with Gasteiger partial charge in [-0.3, -0.25) is 0 Å². The van der Waals surface area contributed by atoms with E-state index in [2.05, 4.69) is 0 Å². The Morgan fingerprint density at radius 2 is 0.371 bits per heavy atom. The van der Waals surface area contributed by atoms with Crippen molar-refractivity contribution in [3.63, 3.8) is 0 Å². The van der Waals surface area contributed by atoms with E-state index in [-0.39, 0.29) is 25.7 Å². The summed E-state index contributed by atoms with van der Waals surface area (Å²) in [7, 11) is 0. The molecule has 0 aromatic heterocycles. The van der Waals surface area contributed by atoms with E-state index in [0.29, 0.717) is 44.5 Å². The molecule has 0 unspecified atom stereocenters.